The molecular weight excluding hydrogens is 372 g/mol. The van der Waals surface area contributed by atoms with Crippen molar-refractivity contribution in [3.05, 3.63) is 41.5 Å². The zero-order chi connectivity index (χ0) is 20.6. The maximum Gasteiger partial charge on any atom is 0.248 e. The number of carbonyl (C=O) groups excluding carboxylic acids is 3. The third-order valence-electron chi connectivity index (χ3n) is 6.46. The molecule has 1 spiro atoms. The molecule has 2 amide bonds. The normalized spacial score (nSPS) is 27.8. The summed E-state index contributed by atoms with van der Waals surface area (Å²) in [6, 6.07) is 5.97. The van der Waals surface area contributed by atoms with E-state index in [0.717, 1.165) is 24.0 Å². The average Bonchev–Trinajstić information content (AvgIpc) is 3.51. The number of Topliss-reactive ketones (excluding diaryl/α,β-unsaturated/α-hetero) is 1. The van der Waals surface area contributed by atoms with Crippen LogP contribution in [0.5, 0.6) is 0 Å². The van der Waals surface area contributed by atoms with Gasteiger partial charge in [-0.25, -0.2) is 5.48 Å². The molecule has 8 nitrogen and oxygen atoms in total. The molecule has 3 atom stereocenters. The van der Waals surface area contributed by atoms with Crippen LogP contribution < -0.4 is 21.8 Å². The molecule has 0 radical (unpaired) electrons. The van der Waals surface area contributed by atoms with Crippen LogP contribution in [-0.2, 0) is 9.59 Å². The van der Waals surface area contributed by atoms with E-state index in [1.54, 1.807) is 23.7 Å². The van der Waals surface area contributed by atoms with Gasteiger partial charge in [0.2, 0.25) is 11.8 Å². The van der Waals surface area contributed by atoms with E-state index in [2.05, 4.69) is 10.6 Å². The minimum Gasteiger partial charge on any atom is -0.366 e. The van der Waals surface area contributed by atoms with Gasteiger partial charge in [0.25, 0.3) is 0 Å². The molecule has 0 aromatic heterocycles. The Labute approximate surface area is 168 Å². The van der Waals surface area contributed by atoms with Gasteiger partial charge in [0.1, 0.15) is 0 Å². The highest BCUT2D eigenvalue weighted by Crippen LogP contribution is 2.52. The van der Waals surface area contributed by atoms with Gasteiger partial charge in [0.15, 0.2) is 5.78 Å². The van der Waals surface area contributed by atoms with E-state index < -0.39 is 29.8 Å². The second-order valence-electron chi connectivity index (χ2n) is 8.39. The van der Waals surface area contributed by atoms with Gasteiger partial charge in [-0.3, -0.25) is 19.6 Å². The molecule has 1 aliphatic carbocycles. The molecule has 0 bridgehead atoms. The third-order valence-corrected chi connectivity index (χ3v) is 6.46. The number of benzene rings is 1. The van der Waals surface area contributed by atoms with Gasteiger partial charge >= 0.3 is 0 Å². The average molecular weight is 398 g/mol. The molecule has 1 aromatic rings. The summed E-state index contributed by atoms with van der Waals surface area (Å²) in [6.45, 7) is 1.23. The number of carbonyl (C=O) groups is 3. The Morgan fingerprint density at radius 2 is 2.00 bits per heavy atom. The van der Waals surface area contributed by atoms with Crippen molar-refractivity contribution in [2.75, 3.05) is 13.1 Å². The van der Waals surface area contributed by atoms with Gasteiger partial charge in [0, 0.05) is 18.7 Å². The molecule has 3 aliphatic rings. The molecule has 4 rings (SSSR count). The molecule has 29 heavy (non-hydrogen) atoms. The first-order chi connectivity index (χ1) is 13.9. The number of hydroxylamine groups is 1. The van der Waals surface area contributed by atoms with Crippen LogP contribution in [0, 0.1) is 11.3 Å². The Morgan fingerprint density at radius 1 is 1.21 bits per heavy atom. The van der Waals surface area contributed by atoms with Crippen molar-refractivity contribution in [3.63, 3.8) is 0 Å². The monoisotopic (exact) mass is 398 g/mol. The largest absolute Gasteiger partial charge is 0.366 e. The lowest BCUT2D eigenvalue weighted by molar-refractivity contribution is -0.140. The van der Waals surface area contributed by atoms with Crippen molar-refractivity contribution >= 4 is 23.2 Å². The van der Waals surface area contributed by atoms with Crippen molar-refractivity contribution in [3.8, 4) is 0 Å². The van der Waals surface area contributed by atoms with Crippen molar-refractivity contribution in [1.29, 1.82) is 0 Å². The van der Waals surface area contributed by atoms with Crippen LogP contribution in [0.2, 0.25) is 0 Å². The van der Waals surface area contributed by atoms with Crippen LogP contribution in [0.25, 0.3) is 5.57 Å². The fourth-order valence-corrected chi connectivity index (χ4v) is 4.53. The molecule has 3 unspecified atom stereocenters. The van der Waals surface area contributed by atoms with Gasteiger partial charge < -0.3 is 16.4 Å². The van der Waals surface area contributed by atoms with Gasteiger partial charge in [-0.1, -0.05) is 18.2 Å². The molecule has 2 fully saturated rings. The minimum absolute atomic E-state index is 0.0780. The molecule has 8 heteroatoms. The van der Waals surface area contributed by atoms with E-state index in [9.17, 15) is 14.4 Å². The second-order valence-corrected chi connectivity index (χ2v) is 8.39. The van der Waals surface area contributed by atoms with Gasteiger partial charge in [-0.2, -0.15) is 0 Å². The van der Waals surface area contributed by atoms with E-state index in [1.165, 1.54) is 0 Å². The number of amides is 2. The zero-order valence-electron chi connectivity index (χ0n) is 16.1. The predicted molar refractivity (Wildman–Crippen MR) is 106 cm³/mol. The lowest BCUT2D eigenvalue weighted by atomic mass is 9.78. The fraction of sp³-hybridized carbons (Fsp3) is 0.476. The smallest absolute Gasteiger partial charge is 0.248 e. The van der Waals surface area contributed by atoms with Gasteiger partial charge in [-0.05, 0) is 54.4 Å². The number of hydrogen-bond donors (Lipinski definition) is 5. The Balaban J connectivity index is 1.50. The fourth-order valence-electron chi connectivity index (χ4n) is 4.53. The minimum atomic E-state index is -0.637. The second kappa shape index (κ2) is 7.70. The summed E-state index contributed by atoms with van der Waals surface area (Å²) in [5.74, 6) is -1.67. The molecule has 1 saturated heterocycles. The quantitative estimate of drug-likeness (QED) is 0.359. The number of piperidine rings is 1. The van der Waals surface area contributed by atoms with Crippen LogP contribution in [0.1, 0.15) is 41.6 Å². The molecular formula is C21H26N4O4. The molecule has 2 aliphatic heterocycles. The van der Waals surface area contributed by atoms with E-state index >= 15 is 0 Å². The standard InChI is InChI=1S/C21H26N4O4/c22-19(27)14-3-1-2-12(8-14)13-4-7-23-16(9-13)18(26)17-15(20(28)25-29)10-21(5-6-21)11-24-17/h1-4,8,15-17,23-24,29H,5-7,9-11H2,(H2,22,27)(H,25,28). The summed E-state index contributed by atoms with van der Waals surface area (Å²) in [6.07, 6.45) is 5.15. The Bertz CT molecular complexity index is 877. The molecule has 1 saturated carbocycles. The highest BCUT2D eigenvalue weighted by molar-refractivity contribution is 5.96. The lowest BCUT2D eigenvalue weighted by Gasteiger charge is -2.37. The summed E-state index contributed by atoms with van der Waals surface area (Å²) in [4.78, 5) is 37.0. The van der Waals surface area contributed by atoms with Gasteiger partial charge in [0.05, 0.1) is 18.0 Å². The summed E-state index contributed by atoms with van der Waals surface area (Å²) in [7, 11) is 0. The summed E-state index contributed by atoms with van der Waals surface area (Å²) < 4.78 is 0. The molecule has 1 aromatic carbocycles. The highest BCUT2D eigenvalue weighted by atomic mass is 16.5. The van der Waals surface area contributed by atoms with Crippen LogP contribution in [0.4, 0.5) is 0 Å². The number of ketones is 1. The van der Waals surface area contributed by atoms with E-state index in [4.69, 9.17) is 10.9 Å². The Kier molecular flexibility index (Phi) is 5.24. The number of nitrogens with one attached hydrogen (secondary N) is 3. The molecule has 6 N–H and O–H groups in total. The van der Waals surface area contributed by atoms with Gasteiger partial charge in [-0.15, -0.1) is 0 Å². The van der Waals surface area contributed by atoms with E-state index in [-0.39, 0.29) is 11.2 Å². The number of hydrogen-bond acceptors (Lipinski definition) is 6. The third kappa shape index (κ3) is 3.96. The van der Waals surface area contributed by atoms with Crippen molar-refractivity contribution in [2.24, 2.45) is 17.1 Å². The SMILES string of the molecule is NC(=O)c1cccc(C2=CCNC(C(=O)C3NCC4(CC4)CC3C(=O)NO)C2)c1. The maximum atomic E-state index is 13.3. The first-order valence-electron chi connectivity index (χ1n) is 9.96. The first kappa shape index (κ1) is 19.8. The summed E-state index contributed by atoms with van der Waals surface area (Å²) >= 11 is 0. The zero-order valence-corrected chi connectivity index (χ0v) is 16.1. The van der Waals surface area contributed by atoms with Crippen LogP contribution in [-0.4, -0.2) is 48.0 Å². The van der Waals surface area contributed by atoms with Crippen molar-refractivity contribution in [2.45, 2.75) is 37.8 Å². The van der Waals surface area contributed by atoms with E-state index in [0.29, 0.717) is 31.5 Å². The van der Waals surface area contributed by atoms with E-state index in [1.807, 2.05) is 12.1 Å². The molecule has 2 heterocycles. The first-order valence-corrected chi connectivity index (χ1v) is 9.96. The highest BCUT2D eigenvalue weighted by Gasteiger charge is 2.52. The number of rotatable bonds is 5. The number of primary amides is 1. The topological polar surface area (TPSA) is 134 Å². The Hall–Kier alpha value is -2.55. The maximum absolute atomic E-state index is 13.3. The Morgan fingerprint density at radius 3 is 2.69 bits per heavy atom. The van der Waals surface area contributed by atoms with Crippen molar-refractivity contribution in [1.82, 2.24) is 16.1 Å². The summed E-state index contributed by atoms with van der Waals surface area (Å²) in [5, 5.41) is 15.6. The summed E-state index contributed by atoms with van der Waals surface area (Å²) in [5.41, 5.74) is 9.45. The lowest BCUT2D eigenvalue weighted by Crippen LogP contribution is -2.59. The predicted octanol–water partition coefficient (Wildman–Crippen LogP) is 0.364. The van der Waals surface area contributed by atoms with Crippen LogP contribution in [0.3, 0.4) is 0 Å². The molecule has 154 valence electrons. The van der Waals surface area contributed by atoms with Crippen LogP contribution >= 0.6 is 0 Å². The van der Waals surface area contributed by atoms with Crippen LogP contribution in [0.15, 0.2) is 30.3 Å². The van der Waals surface area contributed by atoms with Crippen molar-refractivity contribution < 1.29 is 19.6 Å². The number of nitrogens with two attached hydrogens (primary N) is 1.